The van der Waals surface area contributed by atoms with Gasteiger partial charge in [-0.3, -0.25) is 9.78 Å². The smallest absolute Gasteiger partial charge is 0.258 e. The van der Waals surface area contributed by atoms with Crippen LogP contribution in [0.3, 0.4) is 0 Å². The van der Waals surface area contributed by atoms with Crippen LogP contribution in [0.5, 0.6) is 0 Å². The molecule has 0 atom stereocenters. The number of aryl methyl sites for hydroxylation is 1. The van der Waals surface area contributed by atoms with Crippen molar-refractivity contribution in [2.75, 3.05) is 11.9 Å². The Balaban J connectivity index is 2.28. The number of hydrogen-bond acceptors (Lipinski definition) is 4. The van der Waals surface area contributed by atoms with Gasteiger partial charge in [-0.05, 0) is 43.3 Å². The molecule has 0 aliphatic carbocycles. The van der Waals surface area contributed by atoms with Gasteiger partial charge in [0.15, 0.2) is 0 Å². The Morgan fingerprint density at radius 2 is 1.81 bits per heavy atom. The Hall–Kier alpha value is -2.25. The fraction of sp³-hybridized carbons (Fsp3) is 0.143. The van der Waals surface area contributed by atoms with Crippen molar-refractivity contribution >= 4 is 21.6 Å². The van der Waals surface area contributed by atoms with Crippen molar-refractivity contribution in [2.45, 2.75) is 11.8 Å². The normalized spacial score (nSPS) is 11.2. The van der Waals surface area contributed by atoms with Gasteiger partial charge in [-0.2, -0.15) is 0 Å². The van der Waals surface area contributed by atoms with Crippen LogP contribution in [0.1, 0.15) is 16.1 Å². The molecule has 0 spiro atoms. The fourth-order valence-corrected chi connectivity index (χ4v) is 2.36. The minimum absolute atomic E-state index is 0.00635. The quantitative estimate of drug-likeness (QED) is 0.925. The number of nitrogens with zero attached hydrogens (tertiary/aromatic N) is 2. The Bertz CT molecular complexity index is 770. The molecule has 6 nitrogen and oxygen atoms in total. The molecule has 7 heteroatoms. The van der Waals surface area contributed by atoms with E-state index in [9.17, 15) is 13.2 Å². The van der Waals surface area contributed by atoms with E-state index in [4.69, 9.17) is 5.14 Å². The number of benzene rings is 1. The summed E-state index contributed by atoms with van der Waals surface area (Å²) in [7, 11) is -2.12. The summed E-state index contributed by atoms with van der Waals surface area (Å²) in [4.78, 5) is 17.8. The number of amides is 1. The molecule has 0 unspecified atom stereocenters. The first-order valence-electron chi connectivity index (χ1n) is 6.12. The highest BCUT2D eigenvalue weighted by Gasteiger charge is 2.15. The summed E-state index contributed by atoms with van der Waals surface area (Å²) < 4.78 is 22.4. The van der Waals surface area contributed by atoms with Crippen LogP contribution >= 0.6 is 0 Å². The SMILES string of the molecule is Cc1cc(C(=O)N(C)c2ccc(S(N)(=O)=O)cc2)ccn1. The van der Waals surface area contributed by atoms with E-state index >= 15 is 0 Å². The monoisotopic (exact) mass is 305 g/mol. The van der Waals surface area contributed by atoms with Crippen molar-refractivity contribution in [3.63, 3.8) is 0 Å². The first kappa shape index (κ1) is 15.1. The molecular weight excluding hydrogens is 290 g/mol. The number of primary sulfonamides is 1. The predicted octanol–water partition coefficient (Wildman–Crippen LogP) is 1.31. The standard InChI is InChI=1S/C14H15N3O3S/c1-10-9-11(7-8-16-10)14(18)17(2)12-3-5-13(6-4-12)21(15,19)20/h3-9H,1-2H3,(H2,15,19,20). The van der Waals surface area contributed by atoms with Crippen molar-refractivity contribution in [1.82, 2.24) is 4.98 Å². The van der Waals surface area contributed by atoms with E-state index in [0.717, 1.165) is 5.69 Å². The first-order chi connectivity index (χ1) is 9.79. The lowest BCUT2D eigenvalue weighted by Crippen LogP contribution is -2.26. The summed E-state index contributed by atoms with van der Waals surface area (Å²) in [5.41, 5.74) is 1.83. The van der Waals surface area contributed by atoms with Crippen LogP contribution < -0.4 is 10.0 Å². The minimum atomic E-state index is -3.74. The number of hydrogen-bond donors (Lipinski definition) is 1. The lowest BCUT2D eigenvalue weighted by Gasteiger charge is -2.17. The van der Waals surface area contributed by atoms with Crippen molar-refractivity contribution in [2.24, 2.45) is 5.14 Å². The highest BCUT2D eigenvalue weighted by atomic mass is 32.2. The van der Waals surface area contributed by atoms with Crippen LogP contribution in [0, 0.1) is 6.92 Å². The van der Waals surface area contributed by atoms with E-state index < -0.39 is 10.0 Å². The van der Waals surface area contributed by atoms with Gasteiger partial charge in [-0.25, -0.2) is 13.6 Å². The third-order valence-corrected chi connectivity index (χ3v) is 3.93. The van der Waals surface area contributed by atoms with E-state index in [0.29, 0.717) is 11.3 Å². The summed E-state index contributed by atoms with van der Waals surface area (Å²) in [6, 6.07) is 9.12. The molecule has 0 aliphatic rings. The number of nitrogens with two attached hydrogens (primary N) is 1. The average Bonchev–Trinajstić information content (AvgIpc) is 2.45. The Morgan fingerprint density at radius 1 is 1.19 bits per heavy atom. The van der Waals surface area contributed by atoms with Gasteiger partial charge in [0.1, 0.15) is 0 Å². The van der Waals surface area contributed by atoms with Crippen LogP contribution in [0.2, 0.25) is 0 Å². The maximum atomic E-state index is 12.3. The van der Waals surface area contributed by atoms with E-state index in [-0.39, 0.29) is 10.8 Å². The molecule has 1 aromatic carbocycles. The zero-order valence-electron chi connectivity index (χ0n) is 11.6. The number of aromatic nitrogens is 1. The predicted molar refractivity (Wildman–Crippen MR) is 79.5 cm³/mol. The van der Waals surface area contributed by atoms with Gasteiger partial charge in [-0.1, -0.05) is 0 Å². The minimum Gasteiger partial charge on any atom is -0.311 e. The second-order valence-electron chi connectivity index (χ2n) is 4.59. The molecule has 0 saturated heterocycles. The van der Waals surface area contributed by atoms with Gasteiger partial charge in [0.05, 0.1) is 4.90 Å². The highest BCUT2D eigenvalue weighted by molar-refractivity contribution is 7.89. The van der Waals surface area contributed by atoms with Crippen molar-refractivity contribution in [3.8, 4) is 0 Å². The third kappa shape index (κ3) is 3.45. The second kappa shape index (κ2) is 5.63. The van der Waals surface area contributed by atoms with Gasteiger partial charge in [0.2, 0.25) is 10.0 Å². The molecule has 0 fully saturated rings. The Kier molecular flexibility index (Phi) is 4.06. The van der Waals surface area contributed by atoms with Crippen molar-refractivity contribution < 1.29 is 13.2 Å². The van der Waals surface area contributed by atoms with Gasteiger partial charge in [-0.15, -0.1) is 0 Å². The van der Waals surface area contributed by atoms with E-state index in [1.165, 1.54) is 29.2 Å². The second-order valence-corrected chi connectivity index (χ2v) is 6.15. The molecule has 2 rings (SSSR count). The van der Waals surface area contributed by atoms with Crippen molar-refractivity contribution in [1.29, 1.82) is 0 Å². The third-order valence-electron chi connectivity index (χ3n) is 3.00. The topological polar surface area (TPSA) is 93.4 Å². The van der Waals surface area contributed by atoms with Gasteiger partial charge in [0, 0.05) is 30.2 Å². The van der Waals surface area contributed by atoms with E-state index in [2.05, 4.69) is 4.98 Å². The molecular formula is C14H15N3O3S. The first-order valence-corrected chi connectivity index (χ1v) is 7.67. The molecule has 0 saturated carbocycles. The van der Waals surface area contributed by atoms with Crippen LogP contribution in [-0.2, 0) is 10.0 Å². The lowest BCUT2D eigenvalue weighted by molar-refractivity contribution is 0.0993. The number of carbonyl (C=O) groups is 1. The zero-order chi connectivity index (χ0) is 15.6. The van der Waals surface area contributed by atoms with Crippen LogP contribution in [0.25, 0.3) is 0 Å². The molecule has 0 radical (unpaired) electrons. The van der Waals surface area contributed by atoms with Gasteiger partial charge < -0.3 is 4.90 Å². The number of carbonyl (C=O) groups excluding carboxylic acids is 1. The number of anilines is 1. The summed E-state index contributed by atoms with van der Waals surface area (Å²) in [6.07, 6.45) is 1.57. The Labute approximate surface area is 123 Å². The number of pyridine rings is 1. The van der Waals surface area contributed by atoms with E-state index in [1.54, 1.807) is 32.3 Å². The maximum absolute atomic E-state index is 12.3. The van der Waals surface area contributed by atoms with E-state index in [1.807, 2.05) is 0 Å². The average molecular weight is 305 g/mol. The molecule has 1 aromatic heterocycles. The molecule has 2 aromatic rings. The summed E-state index contributed by atoms with van der Waals surface area (Å²) in [5, 5.41) is 5.04. The molecule has 21 heavy (non-hydrogen) atoms. The summed E-state index contributed by atoms with van der Waals surface area (Å²) >= 11 is 0. The zero-order valence-corrected chi connectivity index (χ0v) is 12.5. The van der Waals surface area contributed by atoms with Crippen LogP contribution in [0.15, 0.2) is 47.5 Å². The lowest BCUT2D eigenvalue weighted by atomic mass is 10.2. The highest BCUT2D eigenvalue weighted by Crippen LogP contribution is 2.18. The molecule has 1 heterocycles. The van der Waals surface area contributed by atoms with Crippen LogP contribution in [0.4, 0.5) is 5.69 Å². The molecule has 0 aliphatic heterocycles. The maximum Gasteiger partial charge on any atom is 0.258 e. The molecule has 110 valence electrons. The number of rotatable bonds is 3. The summed E-state index contributed by atoms with van der Waals surface area (Å²) in [5.74, 6) is -0.205. The van der Waals surface area contributed by atoms with Gasteiger partial charge in [0.25, 0.3) is 5.91 Å². The van der Waals surface area contributed by atoms with Gasteiger partial charge >= 0.3 is 0 Å². The largest absolute Gasteiger partial charge is 0.311 e. The molecule has 1 amide bonds. The Morgan fingerprint density at radius 3 is 2.33 bits per heavy atom. The van der Waals surface area contributed by atoms with Crippen LogP contribution in [-0.4, -0.2) is 26.4 Å². The summed E-state index contributed by atoms with van der Waals surface area (Å²) in [6.45, 7) is 1.80. The molecule has 2 N–H and O–H groups in total. The fourth-order valence-electron chi connectivity index (χ4n) is 1.85. The molecule has 0 bridgehead atoms. The number of sulfonamides is 1. The van der Waals surface area contributed by atoms with Crippen molar-refractivity contribution in [3.05, 3.63) is 53.9 Å².